The van der Waals surface area contributed by atoms with Gasteiger partial charge >= 0.3 is 6.09 Å². The van der Waals surface area contributed by atoms with E-state index in [-0.39, 0.29) is 18.2 Å². The molecule has 0 spiro atoms. The summed E-state index contributed by atoms with van der Waals surface area (Å²) in [5.74, 6) is 1.83. The van der Waals surface area contributed by atoms with Crippen LogP contribution in [-0.2, 0) is 17.8 Å². The molecular weight excluding hydrogens is 560 g/mol. The van der Waals surface area contributed by atoms with Gasteiger partial charge in [0, 0.05) is 50.0 Å². The van der Waals surface area contributed by atoms with Crippen molar-refractivity contribution in [2.75, 3.05) is 13.1 Å². The number of carbonyl (C=O) groups is 1. The Bertz CT molecular complexity index is 1350. The number of likely N-dealkylation sites (tertiary alicyclic amines) is 2. The van der Waals surface area contributed by atoms with E-state index in [1.54, 1.807) is 6.20 Å². The van der Waals surface area contributed by atoms with Crippen LogP contribution in [-0.4, -0.2) is 66.6 Å². The number of ether oxygens (including phenoxy) is 2. The fourth-order valence-corrected chi connectivity index (χ4v) is 5.90. The quantitative estimate of drug-likeness (QED) is 0.368. The van der Waals surface area contributed by atoms with Gasteiger partial charge < -0.3 is 14.4 Å². The highest BCUT2D eigenvalue weighted by Gasteiger charge is 2.46. The third kappa shape index (κ3) is 5.15. The molecule has 1 saturated carbocycles. The van der Waals surface area contributed by atoms with E-state index in [9.17, 15) is 4.79 Å². The molecular formula is C26H30BrClN6O3. The number of benzene rings is 1. The number of fused-ring (bicyclic) bond motifs is 3. The SMILES string of the molecule is CC(C)(C)OC(=O)N1C[C@@H]2C[C@H]1CN2Cc1cc(Cl)cnc1Oc1ccc2c(nnn2CC2CC2)c1Br. The first-order valence-corrected chi connectivity index (χ1v) is 13.9. The van der Waals surface area contributed by atoms with Crippen molar-refractivity contribution >= 4 is 44.7 Å². The molecule has 3 aromatic rings. The predicted octanol–water partition coefficient (Wildman–Crippen LogP) is 5.64. The average molecular weight is 590 g/mol. The van der Waals surface area contributed by atoms with Gasteiger partial charge in [0.1, 0.15) is 16.9 Å². The highest BCUT2D eigenvalue weighted by Crippen LogP contribution is 2.39. The number of hydrogen-bond acceptors (Lipinski definition) is 7. The molecule has 4 heterocycles. The minimum absolute atomic E-state index is 0.145. The molecule has 2 bridgehead atoms. The summed E-state index contributed by atoms with van der Waals surface area (Å²) in [6.45, 7) is 8.64. The first-order chi connectivity index (χ1) is 17.6. The molecule has 0 radical (unpaired) electrons. The van der Waals surface area contributed by atoms with E-state index in [1.807, 2.05) is 48.6 Å². The number of piperazine rings is 1. The lowest BCUT2D eigenvalue weighted by Crippen LogP contribution is -2.49. The van der Waals surface area contributed by atoms with Gasteiger partial charge in [0.2, 0.25) is 5.88 Å². The summed E-state index contributed by atoms with van der Waals surface area (Å²) < 4.78 is 14.6. The maximum Gasteiger partial charge on any atom is 0.410 e. The summed E-state index contributed by atoms with van der Waals surface area (Å²) in [7, 11) is 0. The zero-order valence-corrected chi connectivity index (χ0v) is 23.5. The van der Waals surface area contributed by atoms with Crippen LogP contribution >= 0.6 is 27.5 Å². The normalized spacial score (nSPS) is 21.7. The van der Waals surface area contributed by atoms with Crippen molar-refractivity contribution in [2.45, 2.75) is 70.8 Å². The minimum atomic E-state index is -0.500. The van der Waals surface area contributed by atoms with Gasteiger partial charge in [0.05, 0.1) is 15.0 Å². The molecule has 9 nitrogen and oxygen atoms in total. The van der Waals surface area contributed by atoms with Gasteiger partial charge in [0.25, 0.3) is 0 Å². The molecule has 0 unspecified atom stereocenters. The molecule has 2 saturated heterocycles. The Balaban J connectivity index is 1.18. The third-order valence-electron chi connectivity index (χ3n) is 7.17. The topological polar surface area (TPSA) is 85.6 Å². The van der Waals surface area contributed by atoms with E-state index in [2.05, 4.69) is 36.1 Å². The van der Waals surface area contributed by atoms with Crippen molar-refractivity contribution in [1.82, 2.24) is 29.8 Å². The zero-order valence-electron chi connectivity index (χ0n) is 21.2. The fraction of sp³-hybridized carbons (Fsp3) is 0.538. The van der Waals surface area contributed by atoms with Gasteiger partial charge in [-0.15, -0.1) is 5.10 Å². The van der Waals surface area contributed by atoms with E-state index in [0.29, 0.717) is 35.7 Å². The Morgan fingerprint density at radius 2 is 2.03 bits per heavy atom. The lowest BCUT2D eigenvalue weighted by atomic mass is 10.2. The molecule has 2 atom stereocenters. The summed E-state index contributed by atoms with van der Waals surface area (Å²) in [6.07, 6.45) is 4.81. The number of aromatic nitrogens is 4. The second-order valence-corrected chi connectivity index (χ2v) is 12.5. The van der Waals surface area contributed by atoms with Gasteiger partial charge in [-0.3, -0.25) is 4.90 Å². The Hall–Kier alpha value is -2.43. The Labute approximate surface area is 229 Å². The van der Waals surface area contributed by atoms with Crippen LogP contribution in [0.4, 0.5) is 4.79 Å². The first kappa shape index (κ1) is 24.9. The number of hydrogen-bond donors (Lipinski definition) is 0. The van der Waals surface area contributed by atoms with Gasteiger partial charge in [-0.2, -0.15) is 0 Å². The molecule has 0 N–H and O–H groups in total. The number of pyridine rings is 1. The molecule has 196 valence electrons. The maximum absolute atomic E-state index is 12.6. The van der Waals surface area contributed by atoms with Crippen LogP contribution in [0.1, 0.15) is 45.6 Å². The predicted molar refractivity (Wildman–Crippen MR) is 143 cm³/mol. The maximum atomic E-state index is 12.6. The largest absolute Gasteiger partial charge is 0.444 e. The van der Waals surface area contributed by atoms with Crippen LogP contribution in [0.25, 0.3) is 11.0 Å². The molecule has 2 aromatic heterocycles. The summed E-state index contributed by atoms with van der Waals surface area (Å²) in [5, 5.41) is 9.29. The van der Waals surface area contributed by atoms with Crippen LogP contribution in [0.3, 0.4) is 0 Å². The standard InChI is InChI=1S/C26H30BrClN6O3/c1-26(2,3)37-25(35)33-14-18-9-19(33)13-32(18)12-16-8-17(28)10-29-24(16)36-21-7-6-20-23(22(21)27)30-31-34(20)11-15-4-5-15/h6-8,10,15,18-19H,4-5,9,11-14H2,1-3H3/t18-,19-/m0/s1. The Morgan fingerprint density at radius 1 is 1.22 bits per heavy atom. The van der Waals surface area contributed by atoms with Crippen LogP contribution < -0.4 is 4.74 Å². The summed E-state index contributed by atoms with van der Waals surface area (Å²) in [5.41, 5.74) is 2.15. The van der Waals surface area contributed by atoms with E-state index >= 15 is 0 Å². The monoisotopic (exact) mass is 588 g/mol. The van der Waals surface area contributed by atoms with E-state index < -0.39 is 5.60 Å². The Morgan fingerprint density at radius 3 is 2.73 bits per heavy atom. The van der Waals surface area contributed by atoms with Crippen molar-refractivity contribution in [3.63, 3.8) is 0 Å². The molecule has 1 aromatic carbocycles. The van der Waals surface area contributed by atoms with Crippen LogP contribution in [0.5, 0.6) is 11.6 Å². The summed E-state index contributed by atoms with van der Waals surface area (Å²) in [4.78, 5) is 21.4. The number of nitrogens with zero attached hydrogens (tertiary/aromatic N) is 6. The first-order valence-electron chi connectivity index (χ1n) is 12.7. The number of rotatable bonds is 6. The molecule has 2 aliphatic heterocycles. The van der Waals surface area contributed by atoms with Crippen molar-refractivity contribution in [2.24, 2.45) is 5.92 Å². The molecule has 3 aliphatic rings. The van der Waals surface area contributed by atoms with Gasteiger partial charge in [-0.05, 0) is 80.1 Å². The molecule has 1 aliphatic carbocycles. The van der Waals surface area contributed by atoms with Gasteiger partial charge in [-0.1, -0.05) is 16.8 Å². The molecule has 3 fully saturated rings. The highest BCUT2D eigenvalue weighted by atomic mass is 79.9. The summed E-state index contributed by atoms with van der Waals surface area (Å²) in [6, 6.07) is 6.23. The smallest absolute Gasteiger partial charge is 0.410 e. The van der Waals surface area contributed by atoms with Crippen molar-refractivity contribution in [1.29, 1.82) is 0 Å². The van der Waals surface area contributed by atoms with E-state index in [1.165, 1.54) is 12.8 Å². The minimum Gasteiger partial charge on any atom is -0.444 e. The van der Waals surface area contributed by atoms with E-state index in [0.717, 1.165) is 40.6 Å². The second-order valence-electron chi connectivity index (χ2n) is 11.3. The molecule has 37 heavy (non-hydrogen) atoms. The number of amides is 1. The molecule has 1 amide bonds. The third-order valence-corrected chi connectivity index (χ3v) is 8.15. The molecule has 6 rings (SSSR count). The average Bonchev–Trinajstić information content (AvgIpc) is 3.21. The number of carbonyl (C=O) groups excluding carboxylic acids is 1. The number of halogens is 2. The van der Waals surface area contributed by atoms with E-state index in [4.69, 9.17) is 21.1 Å². The fourth-order valence-electron chi connectivity index (χ4n) is 5.23. The molecule has 11 heteroatoms. The zero-order chi connectivity index (χ0) is 25.9. The van der Waals surface area contributed by atoms with Crippen molar-refractivity contribution < 1.29 is 14.3 Å². The van der Waals surface area contributed by atoms with Crippen molar-refractivity contribution in [3.05, 3.63) is 39.5 Å². The second kappa shape index (κ2) is 9.39. The van der Waals surface area contributed by atoms with Crippen LogP contribution in [0.2, 0.25) is 5.02 Å². The lowest BCUT2D eigenvalue weighted by molar-refractivity contribution is 0.0123. The Kier molecular flexibility index (Phi) is 6.32. The van der Waals surface area contributed by atoms with Crippen molar-refractivity contribution in [3.8, 4) is 11.6 Å². The summed E-state index contributed by atoms with van der Waals surface area (Å²) >= 11 is 10.0. The van der Waals surface area contributed by atoms with Crippen LogP contribution in [0, 0.1) is 5.92 Å². The highest BCUT2D eigenvalue weighted by molar-refractivity contribution is 9.10. The van der Waals surface area contributed by atoms with Gasteiger partial charge in [-0.25, -0.2) is 14.5 Å². The van der Waals surface area contributed by atoms with Crippen LogP contribution in [0.15, 0.2) is 28.9 Å². The lowest BCUT2D eigenvalue weighted by Gasteiger charge is -2.35. The van der Waals surface area contributed by atoms with Gasteiger partial charge in [0.15, 0.2) is 0 Å².